The molecular formula is C24H19F5N4O2. The molecule has 1 N–H and O–H groups in total. The third kappa shape index (κ3) is 5.39. The molecule has 182 valence electrons. The van der Waals surface area contributed by atoms with Crippen LogP contribution < -0.4 is 10.1 Å². The van der Waals surface area contributed by atoms with Crippen LogP contribution in [-0.4, -0.2) is 32.6 Å². The molecule has 0 saturated carbocycles. The van der Waals surface area contributed by atoms with Crippen LogP contribution in [0.15, 0.2) is 60.9 Å². The first-order valence-corrected chi connectivity index (χ1v) is 10.4. The van der Waals surface area contributed by atoms with E-state index >= 15 is 0 Å². The summed E-state index contributed by atoms with van der Waals surface area (Å²) in [6.07, 6.45) is 1.63. The number of halogens is 5. The number of nitrogens with zero attached hydrogens (tertiary/aromatic N) is 3. The fourth-order valence-corrected chi connectivity index (χ4v) is 3.54. The summed E-state index contributed by atoms with van der Waals surface area (Å²) < 4.78 is 75.3. The first-order valence-electron chi connectivity index (χ1n) is 10.4. The Morgan fingerprint density at radius 2 is 1.74 bits per heavy atom. The molecule has 2 aromatic heterocycles. The SMILES string of the molecule is C[C@H](NC(=O)C(C)(F)F)[C@H](Oc1ccc2c(cnn2-c2ccc(F)nc2)c1)c1cc(F)cc(F)c1. The van der Waals surface area contributed by atoms with Gasteiger partial charge in [0.1, 0.15) is 23.5 Å². The summed E-state index contributed by atoms with van der Waals surface area (Å²) in [5.74, 6) is -7.40. The highest BCUT2D eigenvalue weighted by molar-refractivity contribution is 5.83. The van der Waals surface area contributed by atoms with Crippen LogP contribution in [0.3, 0.4) is 0 Å². The Hall–Kier alpha value is -4.02. The molecule has 11 heteroatoms. The molecule has 35 heavy (non-hydrogen) atoms. The van der Waals surface area contributed by atoms with E-state index in [1.807, 2.05) is 0 Å². The third-order valence-corrected chi connectivity index (χ3v) is 5.18. The van der Waals surface area contributed by atoms with E-state index in [9.17, 15) is 26.7 Å². The van der Waals surface area contributed by atoms with Crippen LogP contribution in [-0.2, 0) is 4.79 Å². The zero-order chi connectivity index (χ0) is 25.3. The zero-order valence-electron chi connectivity index (χ0n) is 18.5. The van der Waals surface area contributed by atoms with Gasteiger partial charge in [-0.2, -0.15) is 18.3 Å². The molecule has 0 aliphatic rings. The highest BCUT2D eigenvalue weighted by Crippen LogP contribution is 2.30. The molecule has 0 saturated heterocycles. The van der Waals surface area contributed by atoms with Gasteiger partial charge >= 0.3 is 5.92 Å². The van der Waals surface area contributed by atoms with E-state index in [-0.39, 0.29) is 11.3 Å². The Labute approximate surface area is 196 Å². The summed E-state index contributed by atoms with van der Waals surface area (Å²) in [4.78, 5) is 15.4. The zero-order valence-corrected chi connectivity index (χ0v) is 18.5. The Bertz CT molecular complexity index is 1350. The number of rotatable bonds is 7. The number of carbonyl (C=O) groups is 1. The lowest BCUT2D eigenvalue weighted by Gasteiger charge is -2.27. The van der Waals surface area contributed by atoms with Crippen LogP contribution in [0, 0.1) is 17.6 Å². The lowest BCUT2D eigenvalue weighted by atomic mass is 10.0. The number of fused-ring (bicyclic) bond motifs is 1. The minimum atomic E-state index is -3.66. The molecule has 0 radical (unpaired) electrons. The van der Waals surface area contributed by atoms with Gasteiger partial charge in [0.2, 0.25) is 5.95 Å². The van der Waals surface area contributed by atoms with Crippen molar-refractivity contribution in [2.75, 3.05) is 0 Å². The molecule has 0 aliphatic heterocycles. The fourth-order valence-electron chi connectivity index (χ4n) is 3.54. The van der Waals surface area contributed by atoms with Gasteiger partial charge in [0.05, 0.1) is 29.6 Å². The number of ether oxygens (including phenoxy) is 1. The van der Waals surface area contributed by atoms with Gasteiger partial charge in [-0.1, -0.05) is 0 Å². The van der Waals surface area contributed by atoms with Crippen LogP contribution in [0.1, 0.15) is 25.5 Å². The minimum Gasteiger partial charge on any atom is -0.484 e. The molecular weight excluding hydrogens is 471 g/mol. The van der Waals surface area contributed by atoms with E-state index in [4.69, 9.17) is 4.74 Å². The summed E-state index contributed by atoms with van der Waals surface area (Å²) in [7, 11) is 0. The number of hydrogen-bond donors (Lipinski definition) is 1. The average Bonchev–Trinajstić information content (AvgIpc) is 3.19. The number of pyridine rings is 1. The van der Waals surface area contributed by atoms with Crippen molar-refractivity contribution in [1.82, 2.24) is 20.1 Å². The standard InChI is InChI=1S/C24H19F5N4O2/c1-13(32-23(34)24(2,28)29)22(14-7-16(25)10-17(26)8-14)35-19-4-5-20-15(9-19)11-31-33(20)18-3-6-21(27)30-12-18/h3-13,22H,1-2H3,(H,32,34)/t13-,22-/m0/s1. The Morgan fingerprint density at radius 1 is 1.03 bits per heavy atom. The number of amides is 1. The molecule has 2 atom stereocenters. The van der Waals surface area contributed by atoms with Crippen molar-refractivity contribution < 1.29 is 31.5 Å². The molecule has 0 unspecified atom stereocenters. The maximum atomic E-state index is 13.9. The first kappa shape index (κ1) is 24.1. The maximum Gasteiger partial charge on any atom is 0.321 e. The molecule has 4 rings (SSSR count). The van der Waals surface area contributed by atoms with E-state index in [1.165, 1.54) is 36.1 Å². The van der Waals surface area contributed by atoms with Gasteiger partial charge in [0.15, 0.2) is 0 Å². The van der Waals surface area contributed by atoms with E-state index in [0.717, 1.165) is 12.1 Å². The molecule has 0 fully saturated rings. The molecule has 2 aromatic carbocycles. The Morgan fingerprint density at radius 3 is 2.37 bits per heavy atom. The molecule has 0 bridgehead atoms. The van der Waals surface area contributed by atoms with Gasteiger partial charge in [-0.25, -0.2) is 18.4 Å². The smallest absolute Gasteiger partial charge is 0.321 e. The predicted molar refractivity (Wildman–Crippen MR) is 117 cm³/mol. The van der Waals surface area contributed by atoms with Gasteiger partial charge in [0, 0.05) is 23.9 Å². The number of carbonyl (C=O) groups excluding carboxylic acids is 1. The number of nitrogens with one attached hydrogen (secondary N) is 1. The van der Waals surface area contributed by atoms with Gasteiger partial charge in [0.25, 0.3) is 5.91 Å². The Kier molecular flexibility index (Phi) is 6.42. The predicted octanol–water partition coefficient (Wildman–Crippen LogP) is 5.12. The molecule has 1 amide bonds. The second kappa shape index (κ2) is 9.32. The van der Waals surface area contributed by atoms with E-state index < -0.39 is 41.6 Å². The number of benzene rings is 2. The number of alkyl halides is 2. The monoisotopic (exact) mass is 490 g/mol. The average molecular weight is 490 g/mol. The second-order valence-electron chi connectivity index (χ2n) is 8.01. The van der Waals surface area contributed by atoms with Crippen molar-refractivity contribution in [2.24, 2.45) is 0 Å². The topological polar surface area (TPSA) is 69.0 Å². The number of aromatic nitrogens is 3. The lowest BCUT2D eigenvalue weighted by molar-refractivity contribution is -0.144. The summed E-state index contributed by atoms with van der Waals surface area (Å²) in [6, 6.07) is 9.04. The van der Waals surface area contributed by atoms with E-state index in [1.54, 1.807) is 18.2 Å². The molecule has 6 nitrogen and oxygen atoms in total. The Balaban J connectivity index is 1.67. The highest BCUT2D eigenvalue weighted by atomic mass is 19.3. The molecule has 0 aliphatic carbocycles. The van der Waals surface area contributed by atoms with Crippen LogP contribution in [0.2, 0.25) is 0 Å². The summed E-state index contributed by atoms with van der Waals surface area (Å²) in [5.41, 5.74) is 1.15. The van der Waals surface area contributed by atoms with Crippen LogP contribution >= 0.6 is 0 Å². The van der Waals surface area contributed by atoms with Gasteiger partial charge in [-0.15, -0.1) is 0 Å². The van der Waals surface area contributed by atoms with E-state index in [2.05, 4.69) is 15.4 Å². The van der Waals surface area contributed by atoms with Gasteiger partial charge < -0.3 is 10.1 Å². The van der Waals surface area contributed by atoms with Crippen molar-refractivity contribution in [2.45, 2.75) is 31.9 Å². The summed E-state index contributed by atoms with van der Waals surface area (Å²) >= 11 is 0. The second-order valence-corrected chi connectivity index (χ2v) is 8.01. The van der Waals surface area contributed by atoms with Crippen molar-refractivity contribution in [3.63, 3.8) is 0 Å². The minimum absolute atomic E-state index is 0.00268. The first-order chi connectivity index (χ1) is 16.5. The lowest BCUT2D eigenvalue weighted by Crippen LogP contribution is -2.46. The highest BCUT2D eigenvalue weighted by Gasteiger charge is 2.35. The number of hydrogen-bond acceptors (Lipinski definition) is 4. The summed E-state index contributed by atoms with van der Waals surface area (Å²) in [6.45, 7) is 1.82. The molecule has 2 heterocycles. The van der Waals surface area contributed by atoms with Gasteiger partial charge in [-0.05, 0) is 49.4 Å². The maximum absolute atomic E-state index is 13.9. The summed E-state index contributed by atoms with van der Waals surface area (Å²) in [5, 5.41) is 6.99. The normalized spacial score (nSPS) is 13.5. The molecule has 4 aromatic rings. The third-order valence-electron chi connectivity index (χ3n) is 5.18. The van der Waals surface area contributed by atoms with Crippen LogP contribution in [0.4, 0.5) is 22.0 Å². The van der Waals surface area contributed by atoms with E-state index in [0.29, 0.717) is 29.6 Å². The van der Waals surface area contributed by atoms with Gasteiger partial charge in [-0.3, -0.25) is 4.79 Å². The van der Waals surface area contributed by atoms with Crippen molar-refractivity contribution in [1.29, 1.82) is 0 Å². The van der Waals surface area contributed by atoms with Crippen molar-refractivity contribution >= 4 is 16.8 Å². The van der Waals surface area contributed by atoms with Crippen LogP contribution in [0.25, 0.3) is 16.6 Å². The quantitative estimate of drug-likeness (QED) is 0.289. The van der Waals surface area contributed by atoms with Crippen molar-refractivity contribution in [3.05, 3.63) is 84.1 Å². The van der Waals surface area contributed by atoms with Crippen LogP contribution in [0.5, 0.6) is 5.75 Å². The fraction of sp³-hybridized carbons (Fsp3) is 0.208. The van der Waals surface area contributed by atoms with Crippen molar-refractivity contribution in [3.8, 4) is 11.4 Å². The largest absolute Gasteiger partial charge is 0.484 e. The molecule has 0 spiro atoms.